The van der Waals surface area contributed by atoms with E-state index in [-0.39, 0.29) is 36.7 Å². The summed E-state index contributed by atoms with van der Waals surface area (Å²) >= 11 is 0. The largest absolute Gasteiger partial charge is 0.352 e. The van der Waals surface area contributed by atoms with Crippen LogP contribution in [0.15, 0.2) is 24.3 Å². The number of benzene rings is 1. The van der Waals surface area contributed by atoms with Gasteiger partial charge in [-0.2, -0.15) is 0 Å². The average Bonchev–Trinajstić information content (AvgIpc) is 3.28. The number of hydrogen-bond acceptors (Lipinski definition) is 4. The van der Waals surface area contributed by atoms with E-state index in [1.165, 1.54) is 4.90 Å². The molecule has 1 aromatic carbocycles. The fourth-order valence-corrected chi connectivity index (χ4v) is 4.04. The van der Waals surface area contributed by atoms with Crippen molar-refractivity contribution >= 4 is 29.4 Å². The van der Waals surface area contributed by atoms with Crippen molar-refractivity contribution in [1.29, 1.82) is 0 Å². The molecule has 1 saturated carbocycles. The molecule has 1 heterocycles. The summed E-state index contributed by atoms with van der Waals surface area (Å²) in [4.78, 5) is 49.7. The van der Waals surface area contributed by atoms with Gasteiger partial charge in [0.05, 0.1) is 0 Å². The van der Waals surface area contributed by atoms with E-state index in [4.69, 9.17) is 0 Å². The van der Waals surface area contributed by atoms with Gasteiger partial charge < -0.3 is 16.0 Å². The number of carbonyl (C=O) groups is 4. The summed E-state index contributed by atoms with van der Waals surface area (Å²) in [6, 6.07) is 7.00. The summed E-state index contributed by atoms with van der Waals surface area (Å²) in [6.45, 7) is 2.59. The van der Waals surface area contributed by atoms with Gasteiger partial charge in [-0.15, -0.1) is 0 Å². The molecule has 0 aromatic heterocycles. The van der Waals surface area contributed by atoms with Crippen molar-refractivity contribution in [2.45, 2.75) is 70.4 Å². The lowest BCUT2D eigenvalue weighted by Crippen LogP contribution is -2.44. The van der Waals surface area contributed by atoms with Crippen LogP contribution >= 0.6 is 0 Å². The number of nitrogens with one attached hydrogen (secondary N) is 3. The number of hydrogen-bond donors (Lipinski definition) is 3. The highest BCUT2D eigenvalue weighted by Crippen LogP contribution is 2.35. The maximum atomic E-state index is 12.6. The van der Waals surface area contributed by atoms with Crippen molar-refractivity contribution in [1.82, 2.24) is 15.5 Å². The molecule has 1 saturated heterocycles. The van der Waals surface area contributed by atoms with Crippen molar-refractivity contribution in [3.8, 4) is 0 Å². The van der Waals surface area contributed by atoms with E-state index in [1.807, 2.05) is 31.2 Å². The van der Waals surface area contributed by atoms with Crippen LogP contribution < -0.4 is 16.0 Å². The van der Waals surface area contributed by atoms with E-state index in [1.54, 1.807) is 0 Å². The predicted octanol–water partition coefficient (Wildman–Crippen LogP) is 2.69. The number of nitrogens with zero attached hydrogens (tertiary/aromatic N) is 1. The van der Waals surface area contributed by atoms with Gasteiger partial charge in [0, 0.05) is 31.6 Å². The monoisotopic (exact) mass is 414 g/mol. The fourth-order valence-electron chi connectivity index (χ4n) is 4.04. The normalized spacial score (nSPS) is 17.3. The Kier molecular flexibility index (Phi) is 7.07. The molecule has 3 N–H and O–H groups in total. The van der Waals surface area contributed by atoms with E-state index in [0.717, 1.165) is 30.5 Å². The average molecular weight is 415 g/mol. The minimum atomic E-state index is -0.693. The smallest absolute Gasteiger partial charge is 0.325 e. The van der Waals surface area contributed by atoms with Gasteiger partial charge in [0.2, 0.25) is 11.8 Å². The Balaban J connectivity index is 1.37. The van der Waals surface area contributed by atoms with Crippen LogP contribution in [0.2, 0.25) is 0 Å². The summed E-state index contributed by atoms with van der Waals surface area (Å²) in [6.07, 6.45) is 5.28. The number of urea groups is 1. The summed E-state index contributed by atoms with van der Waals surface area (Å²) in [5, 5.41) is 8.52. The Morgan fingerprint density at radius 1 is 1.07 bits per heavy atom. The zero-order valence-corrected chi connectivity index (χ0v) is 17.5. The van der Waals surface area contributed by atoms with Gasteiger partial charge in [-0.05, 0) is 43.4 Å². The Labute approximate surface area is 176 Å². The van der Waals surface area contributed by atoms with Crippen LogP contribution in [0.25, 0.3) is 0 Å². The summed E-state index contributed by atoms with van der Waals surface area (Å²) in [7, 11) is 0. The molecule has 1 spiro atoms. The first-order valence-corrected chi connectivity index (χ1v) is 10.7. The van der Waals surface area contributed by atoms with Crippen LogP contribution in [0.4, 0.5) is 10.5 Å². The van der Waals surface area contributed by atoms with Crippen molar-refractivity contribution in [2.24, 2.45) is 0 Å². The lowest BCUT2D eigenvalue weighted by atomic mass is 9.98. The standard InChI is InChI=1S/C22H30N4O4/c1-2-6-19(28)24-17-10-8-16(9-11-17)15-23-18(27)7-5-14-26-20(29)22(25-21(26)30)12-3-4-13-22/h8-11H,2-7,12-15H2,1H3,(H,23,27)(H,24,28)(H,25,30). The number of carbonyl (C=O) groups excluding carboxylic acids is 4. The third-order valence-electron chi connectivity index (χ3n) is 5.69. The first-order chi connectivity index (χ1) is 14.4. The molecular formula is C22H30N4O4. The van der Waals surface area contributed by atoms with Crippen molar-refractivity contribution in [3.05, 3.63) is 29.8 Å². The van der Waals surface area contributed by atoms with Crippen LogP contribution in [-0.2, 0) is 20.9 Å². The molecule has 1 aliphatic carbocycles. The maximum Gasteiger partial charge on any atom is 0.325 e. The Hall–Kier alpha value is -2.90. The van der Waals surface area contributed by atoms with Gasteiger partial charge >= 0.3 is 6.03 Å². The number of imide groups is 1. The van der Waals surface area contributed by atoms with Crippen LogP contribution in [0.1, 0.15) is 63.9 Å². The number of amides is 5. The number of rotatable bonds is 9. The first kappa shape index (κ1) is 21.8. The highest BCUT2D eigenvalue weighted by atomic mass is 16.2. The predicted molar refractivity (Wildman–Crippen MR) is 113 cm³/mol. The van der Waals surface area contributed by atoms with Gasteiger partial charge in [-0.25, -0.2) is 4.79 Å². The van der Waals surface area contributed by atoms with Crippen LogP contribution in [0.5, 0.6) is 0 Å². The third-order valence-corrected chi connectivity index (χ3v) is 5.69. The van der Waals surface area contributed by atoms with Gasteiger partial charge in [0.15, 0.2) is 0 Å². The van der Waals surface area contributed by atoms with E-state index >= 15 is 0 Å². The molecule has 30 heavy (non-hydrogen) atoms. The second-order valence-corrected chi connectivity index (χ2v) is 8.05. The molecule has 2 aliphatic rings. The quantitative estimate of drug-likeness (QED) is 0.540. The minimum absolute atomic E-state index is 0.0115. The third kappa shape index (κ3) is 5.17. The van der Waals surface area contributed by atoms with E-state index in [9.17, 15) is 19.2 Å². The van der Waals surface area contributed by atoms with Crippen LogP contribution in [-0.4, -0.2) is 40.7 Å². The van der Waals surface area contributed by atoms with Gasteiger partial charge in [0.25, 0.3) is 5.91 Å². The van der Waals surface area contributed by atoms with Crippen molar-refractivity contribution < 1.29 is 19.2 Å². The molecule has 1 aromatic rings. The molecular weight excluding hydrogens is 384 g/mol. The molecule has 162 valence electrons. The Bertz CT molecular complexity index is 800. The zero-order chi connectivity index (χ0) is 21.6. The van der Waals surface area contributed by atoms with E-state index in [0.29, 0.717) is 32.2 Å². The Morgan fingerprint density at radius 3 is 2.43 bits per heavy atom. The molecule has 8 heteroatoms. The molecule has 0 unspecified atom stereocenters. The zero-order valence-electron chi connectivity index (χ0n) is 17.5. The minimum Gasteiger partial charge on any atom is -0.352 e. The van der Waals surface area contributed by atoms with Crippen molar-refractivity contribution in [2.75, 3.05) is 11.9 Å². The molecule has 0 bridgehead atoms. The maximum absolute atomic E-state index is 12.6. The van der Waals surface area contributed by atoms with Crippen LogP contribution in [0, 0.1) is 0 Å². The lowest BCUT2D eigenvalue weighted by Gasteiger charge is -2.19. The molecule has 5 amide bonds. The van der Waals surface area contributed by atoms with Gasteiger partial charge in [-0.3, -0.25) is 19.3 Å². The second kappa shape index (κ2) is 9.73. The van der Waals surface area contributed by atoms with Crippen LogP contribution in [0.3, 0.4) is 0 Å². The summed E-state index contributed by atoms with van der Waals surface area (Å²) in [5.41, 5.74) is 0.966. The first-order valence-electron chi connectivity index (χ1n) is 10.7. The molecule has 0 atom stereocenters. The highest BCUT2D eigenvalue weighted by Gasteiger charge is 2.51. The van der Waals surface area contributed by atoms with Gasteiger partial charge in [-0.1, -0.05) is 31.9 Å². The summed E-state index contributed by atoms with van der Waals surface area (Å²) in [5.74, 6) is -0.281. The SMILES string of the molecule is CCCC(=O)Nc1ccc(CNC(=O)CCCN2C(=O)NC3(CCCC3)C2=O)cc1. The van der Waals surface area contributed by atoms with Gasteiger partial charge in [0.1, 0.15) is 5.54 Å². The van der Waals surface area contributed by atoms with E-state index < -0.39 is 5.54 Å². The molecule has 3 rings (SSSR count). The molecule has 0 radical (unpaired) electrons. The molecule has 8 nitrogen and oxygen atoms in total. The van der Waals surface area contributed by atoms with Crippen molar-refractivity contribution in [3.63, 3.8) is 0 Å². The highest BCUT2D eigenvalue weighted by molar-refractivity contribution is 6.07. The second-order valence-electron chi connectivity index (χ2n) is 8.05. The summed E-state index contributed by atoms with van der Waals surface area (Å²) < 4.78 is 0. The number of anilines is 1. The lowest BCUT2D eigenvalue weighted by molar-refractivity contribution is -0.131. The topological polar surface area (TPSA) is 108 Å². The fraction of sp³-hybridized carbons (Fsp3) is 0.545. The van der Waals surface area contributed by atoms with E-state index in [2.05, 4.69) is 16.0 Å². The molecule has 2 fully saturated rings. The molecule has 1 aliphatic heterocycles. The Morgan fingerprint density at radius 2 is 1.77 bits per heavy atom.